The van der Waals surface area contributed by atoms with E-state index in [4.69, 9.17) is 0 Å². The minimum atomic E-state index is 1.04. The zero-order valence-corrected chi connectivity index (χ0v) is 46.0. The van der Waals surface area contributed by atoms with Crippen molar-refractivity contribution in [2.24, 2.45) is 0 Å². The monoisotopic (exact) mass is 1070 g/mol. The molecule has 4 nitrogen and oxygen atoms in total. The Kier molecular flexibility index (Phi) is 11.8. The van der Waals surface area contributed by atoms with Crippen LogP contribution in [-0.4, -0.2) is 9.13 Å². The molecule has 0 aliphatic carbocycles. The maximum atomic E-state index is 2.45. The Bertz CT molecular complexity index is 4800. The van der Waals surface area contributed by atoms with Crippen molar-refractivity contribution in [1.82, 2.24) is 9.13 Å². The molecule has 0 fully saturated rings. The Labute approximate surface area is 487 Å². The van der Waals surface area contributed by atoms with Gasteiger partial charge in [-0.1, -0.05) is 206 Å². The number of aromatic nitrogens is 2. The van der Waals surface area contributed by atoms with Crippen LogP contribution in [0.25, 0.3) is 110 Å². The number of anilines is 6. The van der Waals surface area contributed by atoms with E-state index in [1.165, 1.54) is 54.1 Å². The summed E-state index contributed by atoms with van der Waals surface area (Å²) in [5, 5.41) is 9.59. The molecule has 0 unspecified atom stereocenters. The summed E-state index contributed by atoms with van der Waals surface area (Å²) < 4.78 is 4.83. The summed E-state index contributed by atoms with van der Waals surface area (Å²) in [6.45, 7) is 0. The van der Waals surface area contributed by atoms with Crippen molar-refractivity contribution in [2.45, 2.75) is 0 Å². The van der Waals surface area contributed by atoms with Gasteiger partial charge >= 0.3 is 0 Å². The number of para-hydroxylation sites is 6. The summed E-state index contributed by atoms with van der Waals surface area (Å²) in [4.78, 5) is 4.89. The van der Waals surface area contributed by atoms with Crippen molar-refractivity contribution in [1.29, 1.82) is 0 Å². The first-order chi connectivity index (χ1) is 41.7. The van der Waals surface area contributed by atoms with E-state index in [9.17, 15) is 0 Å². The Hall–Kier alpha value is -11.2. The molecule has 16 rings (SSSR count). The van der Waals surface area contributed by atoms with E-state index < -0.39 is 0 Å². The van der Waals surface area contributed by atoms with E-state index in [1.807, 2.05) is 0 Å². The third kappa shape index (κ3) is 8.39. The average Bonchev–Trinajstić information content (AvgIpc) is 2.72. The zero-order valence-electron chi connectivity index (χ0n) is 46.0. The molecule has 0 N–H and O–H groups in total. The Morgan fingerprint density at radius 2 is 0.512 bits per heavy atom. The highest BCUT2D eigenvalue weighted by Crippen LogP contribution is 2.47. The topological polar surface area (TPSA) is 16.3 Å². The fourth-order valence-electron chi connectivity index (χ4n) is 13.0. The second kappa shape index (κ2) is 20.4. The summed E-state index contributed by atoms with van der Waals surface area (Å²) in [5.74, 6) is 0. The molecule has 84 heavy (non-hydrogen) atoms. The van der Waals surface area contributed by atoms with Gasteiger partial charge in [-0.2, -0.15) is 0 Å². The lowest BCUT2D eigenvalue weighted by Crippen LogP contribution is -2.11. The van der Waals surface area contributed by atoms with Crippen LogP contribution in [0.3, 0.4) is 0 Å². The fraction of sp³-hybridized carbons (Fsp3) is 0. The average molecular weight is 1070 g/mol. The number of benzene rings is 14. The van der Waals surface area contributed by atoms with Gasteiger partial charge in [-0.05, 0) is 165 Å². The fourth-order valence-corrected chi connectivity index (χ4v) is 13.0. The smallest absolute Gasteiger partial charge is 0.0547 e. The van der Waals surface area contributed by atoms with Crippen molar-refractivity contribution in [2.75, 3.05) is 9.80 Å². The molecule has 0 aliphatic rings. The first-order valence-electron chi connectivity index (χ1n) is 28.8. The molecule has 14 aromatic carbocycles. The van der Waals surface area contributed by atoms with E-state index in [2.05, 4.69) is 347 Å². The van der Waals surface area contributed by atoms with Crippen molar-refractivity contribution in [3.8, 4) is 44.8 Å². The van der Waals surface area contributed by atoms with E-state index in [0.717, 1.165) is 89.9 Å². The van der Waals surface area contributed by atoms with E-state index >= 15 is 0 Å². The van der Waals surface area contributed by atoms with Crippen LogP contribution in [0, 0.1) is 0 Å². The van der Waals surface area contributed by atoms with E-state index in [0.29, 0.717) is 0 Å². The van der Waals surface area contributed by atoms with Crippen LogP contribution in [0.5, 0.6) is 0 Å². The third-order valence-electron chi connectivity index (χ3n) is 16.8. The number of nitrogens with zero attached hydrogens (tertiary/aromatic N) is 4. The summed E-state index contributed by atoms with van der Waals surface area (Å²) in [6.07, 6.45) is 0. The molecule has 4 heteroatoms. The lowest BCUT2D eigenvalue weighted by molar-refractivity contribution is 1.18. The molecular formula is C80H54N4. The van der Waals surface area contributed by atoms with Crippen LogP contribution in [0.4, 0.5) is 34.1 Å². The number of hydrogen-bond donors (Lipinski definition) is 0. The first kappa shape index (κ1) is 48.7. The predicted octanol–water partition coefficient (Wildman–Crippen LogP) is 22.1. The zero-order chi connectivity index (χ0) is 55.5. The van der Waals surface area contributed by atoms with Gasteiger partial charge in [0, 0.05) is 66.4 Å². The third-order valence-corrected chi connectivity index (χ3v) is 16.8. The molecule has 0 aliphatic heterocycles. The lowest BCUT2D eigenvalue weighted by atomic mass is 9.93. The maximum Gasteiger partial charge on any atom is 0.0547 e. The molecule has 0 bridgehead atoms. The highest BCUT2D eigenvalue weighted by molar-refractivity contribution is 6.12. The van der Waals surface area contributed by atoms with Crippen LogP contribution in [0.15, 0.2) is 328 Å². The molecule has 2 aromatic heterocycles. The predicted molar refractivity (Wildman–Crippen MR) is 356 cm³/mol. The van der Waals surface area contributed by atoms with Crippen LogP contribution < -0.4 is 9.80 Å². The van der Waals surface area contributed by atoms with Crippen LogP contribution in [0.2, 0.25) is 0 Å². The molecule has 2 heterocycles. The standard InChI is InChI=1S/C80H54N4/c1-5-27-63(28-6-1)81(75-41-21-25-55-23-13-15-35-69(55)75)67-49-59(57-43-45-73-71-37-17-19-39-77(71)83(79(73)53-57)65-31-9-3-10-32-65)47-61(51-67)62-48-60(58-44-46-74-72-38-18-20-40-78(72)84(80(74)54-58)66-33-11-4-12-34-66)50-68(52-62)82(64-29-7-2-8-30-64)76-42-22-26-56-24-14-16-36-70(56)76/h1-54H. The van der Waals surface area contributed by atoms with Gasteiger partial charge in [0.15, 0.2) is 0 Å². The quantitative estimate of drug-likeness (QED) is 0.128. The van der Waals surface area contributed by atoms with Crippen LogP contribution in [0.1, 0.15) is 0 Å². The van der Waals surface area contributed by atoms with Gasteiger partial charge in [0.2, 0.25) is 0 Å². The molecule has 0 amide bonds. The van der Waals surface area contributed by atoms with Crippen molar-refractivity contribution < 1.29 is 0 Å². The lowest BCUT2D eigenvalue weighted by Gasteiger charge is -2.29. The SMILES string of the molecule is c1ccc(N(c2cc(-c3cc(-c4ccc5c6ccccc6n(-c6ccccc6)c5c4)cc(N(c4ccccc4)c4cccc5ccccc45)c3)cc(-c3ccc4c5ccccc5n(-c5ccccc5)c4c3)c2)c2cccc3ccccc23)cc1. The molecule has 394 valence electrons. The Balaban J connectivity index is 0.993. The Morgan fingerprint density at radius 3 is 0.929 bits per heavy atom. The van der Waals surface area contributed by atoms with Gasteiger partial charge in [-0.15, -0.1) is 0 Å². The van der Waals surface area contributed by atoms with Crippen molar-refractivity contribution in [3.63, 3.8) is 0 Å². The van der Waals surface area contributed by atoms with E-state index in [-0.39, 0.29) is 0 Å². The highest BCUT2D eigenvalue weighted by atomic mass is 15.2. The molecule has 0 spiro atoms. The van der Waals surface area contributed by atoms with Gasteiger partial charge in [0.1, 0.15) is 0 Å². The van der Waals surface area contributed by atoms with Gasteiger partial charge < -0.3 is 18.9 Å². The van der Waals surface area contributed by atoms with Crippen molar-refractivity contribution in [3.05, 3.63) is 328 Å². The molecule has 16 aromatic rings. The summed E-state index contributed by atoms with van der Waals surface area (Å²) in [5.41, 5.74) is 20.0. The summed E-state index contributed by atoms with van der Waals surface area (Å²) in [7, 11) is 0. The minimum Gasteiger partial charge on any atom is -0.310 e. The maximum absolute atomic E-state index is 2.45. The van der Waals surface area contributed by atoms with Crippen LogP contribution >= 0.6 is 0 Å². The van der Waals surface area contributed by atoms with Gasteiger partial charge in [-0.3, -0.25) is 0 Å². The van der Waals surface area contributed by atoms with Crippen molar-refractivity contribution >= 4 is 99.3 Å². The second-order valence-corrected chi connectivity index (χ2v) is 21.7. The minimum absolute atomic E-state index is 1.04. The second-order valence-electron chi connectivity index (χ2n) is 21.7. The molecule has 0 radical (unpaired) electrons. The number of fused-ring (bicyclic) bond motifs is 8. The summed E-state index contributed by atoms with van der Waals surface area (Å²) in [6, 6.07) is 120. The molecule has 0 saturated heterocycles. The van der Waals surface area contributed by atoms with E-state index in [1.54, 1.807) is 0 Å². The highest BCUT2D eigenvalue weighted by Gasteiger charge is 2.23. The molecular weight excluding hydrogens is 1020 g/mol. The van der Waals surface area contributed by atoms with Crippen LogP contribution in [-0.2, 0) is 0 Å². The number of rotatable bonds is 11. The Morgan fingerprint density at radius 1 is 0.190 bits per heavy atom. The first-order valence-corrected chi connectivity index (χ1v) is 28.8. The molecule has 0 saturated carbocycles. The van der Waals surface area contributed by atoms with Gasteiger partial charge in [-0.25, -0.2) is 0 Å². The largest absolute Gasteiger partial charge is 0.310 e. The molecule has 0 atom stereocenters. The number of hydrogen-bond acceptors (Lipinski definition) is 2. The van der Waals surface area contributed by atoms with Gasteiger partial charge in [0.05, 0.1) is 33.4 Å². The summed E-state index contributed by atoms with van der Waals surface area (Å²) >= 11 is 0. The van der Waals surface area contributed by atoms with Gasteiger partial charge in [0.25, 0.3) is 0 Å². The normalized spacial score (nSPS) is 11.6.